The Hall–Kier alpha value is -2.01. The standard InChI is InChI=1S/C14H16ClN3O2/c1-3-18(4-2)14-16-12(19)11(13(20)17-14)9-6-5-7-10(15)8-9/h5-8H,3-4H2,1-2H3,(H2,16,17,19,20). The van der Waals surface area contributed by atoms with Crippen LogP contribution in [0.5, 0.6) is 5.88 Å². The fraction of sp³-hybridized carbons (Fsp3) is 0.286. The molecule has 1 aromatic heterocycles. The lowest BCUT2D eigenvalue weighted by molar-refractivity contribution is 0.453. The topological polar surface area (TPSA) is 69.2 Å². The smallest absolute Gasteiger partial charge is 0.264 e. The second-order valence-electron chi connectivity index (χ2n) is 4.27. The third-order valence-corrected chi connectivity index (χ3v) is 3.30. The maximum absolute atomic E-state index is 12.2. The number of nitrogens with one attached hydrogen (secondary N) is 1. The molecule has 1 aromatic carbocycles. The lowest BCUT2D eigenvalue weighted by atomic mass is 10.1. The first-order valence-electron chi connectivity index (χ1n) is 6.41. The summed E-state index contributed by atoms with van der Waals surface area (Å²) in [6.07, 6.45) is 0. The van der Waals surface area contributed by atoms with Gasteiger partial charge in [-0.3, -0.25) is 9.78 Å². The summed E-state index contributed by atoms with van der Waals surface area (Å²) in [6, 6.07) is 6.74. The molecule has 0 spiro atoms. The van der Waals surface area contributed by atoms with Crippen molar-refractivity contribution in [2.75, 3.05) is 18.0 Å². The molecule has 0 fully saturated rings. The molecule has 6 heteroatoms. The Morgan fingerprint density at radius 1 is 1.35 bits per heavy atom. The van der Waals surface area contributed by atoms with Gasteiger partial charge in [0.1, 0.15) is 5.56 Å². The van der Waals surface area contributed by atoms with Crippen LogP contribution < -0.4 is 10.5 Å². The summed E-state index contributed by atoms with van der Waals surface area (Å²) < 4.78 is 0. The molecule has 5 nitrogen and oxygen atoms in total. The molecule has 2 rings (SSSR count). The molecule has 0 aliphatic heterocycles. The molecule has 0 saturated carbocycles. The molecular formula is C14H16ClN3O2. The van der Waals surface area contributed by atoms with Crippen LogP contribution in [0.4, 0.5) is 5.95 Å². The Balaban J connectivity index is 2.55. The van der Waals surface area contributed by atoms with Crippen LogP contribution in [0.1, 0.15) is 13.8 Å². The van der Waals surface area contributed by atoms with E-state index in [1.54, 1.807) is 24.3 Å². The largest absolute Gasteiger partial charge is 0.493 e. The summed E-state index contributed by atoms with van der Waals surface area (Å²) in [5.74, 6) is 0.0706. The molecule has 0 amide bonds. The van der Waals surface area contributed by atoms with Gasteiger partial charge in [0.2, 0.25) is 11.8 Å². The summed E-state index contributed by atoms with van der Waals surface area (Å²) in [6.45, 7) is 5.28. The van der Waals surface area contributed by atoms with Gasteiger partial charge >= 0.3 is 0 Å². The maximum atomic E-state index is 12.2. The van der Waals surface area contributed by atoms with Crippen molar-refractivity contribution in [1.29, 1.82) is 0 Å². The summed E-state index contributed by atoms with van der Waals surface area (Å²) in [5.41, 5.74) is 0.278. The third kappa shape index (κ3) is 2.77. The number of anilines is 1. The number of aromatic hydroxyl groups is 1. The number of aromatic nitrogens is 2. The summed E-state index contributed by atoms with van der Waals surface area (Å²) in [4.78, 5) is 20.8. The molecule has 0 radical (unpaired) electrons. The summed E-state index contributed by atoms with van der Waals surface area (Å²) in [5, 5.41) is 10.6. The second-order valence-corrected chi connectivity index (χ2v) is 4.71. The van der Waals surface area contributed by atoms with E-state index in [0.29, 0.717) is 29.6 Å². The quantitative estimate of drug-likeness (QED) is 0.909. The van der Waals surface area contributed by atoms with Crippen molar-refractivity contribution >= 4 is 17.5 Å². The van der Waals surface area contributed by atoms with Crippen molar-refractivity contribution in [2.45, 2.75) is 13.8 Å². The van der Waals surface area contributed by atoms with Crippen LogP contribution in [-0.2, 0) is 0 Å². The van der Waals surface area contributed by atoms with Gasteiger partial charge in [-0.05, 0) is 31.5 Å². The lowest BCUT2D eigenvalue weighted by Gasteiger charge is -2.19. The summed E-state index contributed by atoms with van der Waals surface area (Å²) in [7, 11) is 0. The predicted molar refractivity (Wildman–Crippen MR) is 80.5 cm³/mol. The van der Waals surface area contributed by atoms with Crippen LogP contribution in [0.2, 0.25) is 5.02 Å². The normalized spacial score (nSPS) is 10.6. The van der Waals surface area contributed by atoms with Gasteiger partial charge in [-0.25, -0.2) is 0 Å². The first-order valence-corrected chi connectivity index (χ1v) is 6.78. The highest BCUT2D eigenvalue weighted by atomic mass is 35.5. The van der Waals surface area contributed by atoms with Gasteiger partial charge in [0.05, 0.1) is 0 Å². The maximum Gasteiger partial charge on any atom is 0.264 e. The molecule has 0 aliphatic carbocycles. The van der Waals surface area contributed by atoms with Crippen molar-refractivity contribution < 1.29 is 5.11 Å². The first-order chi connectivity index (χ1) is 9.56. The molecule has 0 aliphatic rings. The van der Waals surface area contributed by atoms with E-state index in [1.165, 1.54) is 0 Å². The van der Waals surface area contributed by atoms with Gasteiger partial charge in [0.25, 0.3) is 5.56 Å². The molecule has 0 unspecified atom stereocenters. The third-order valence-electron chi connectivity index (χ3n) is 3.06. The predicted octanol–water partition coefficient (Wildman–Crippen LogP) is 2.64. The molecule has 1 heterocycles. The van der Waals surface area contributed by atoms with E-state index in [2.05, 4.69) is 9.97 Å². The number of hydrogen-bond donors (Lipinski definition) is 2. The molecule has 0 atom stereocenters. The van der Waals surface area contributed by atoms with E-state index < -0.39 is 0 Å². The van der Waals surface area contributed by atoms with Gasteiger partial charge in [-0.1, -0.05) is 23.7 Å². The van der Waals surface area contributed by atoms with Crippen LogP contribution in [0.15, 0.2) is 29.1 Å². The van der Waals surface area contributed by atoms with E-state index in [0.717, 1.165) is 0 Å². The SMILES string of the molecule is CCN(CC)c1nc(O)c(-c2cccc(Cl)c2)c(=O)[nH]1. The van der Waals surface area contributed by atoms with Crippen LogP contribution in [0.25, 0.3) is 11.1 Å². The molecular weight excluding hydrogens is 278 g/mol. The van der Waals surface area contributed by atoms with Gasteiger partial charge in [-0.15, -0.1) is 0 Å². The van der Waals surface area contributed by atoms with E-state index in [1.807, 2.05) is 18.7 Å². The van der Waals surface area contributed by atoms with E-state index >= 15 is 0 Å². The van der Waals surface area contributed by atoms with Crippen LogP contribution >= 0.6 is 11.6 Å². The van der Waals surface area contributed by atoms with Crippen LogP contribution in [0, 0.1) is 0 Å². The Bertz CT molecular complexity index is 666. The zero-order chi connectivity index (χ0) is 14.7. The molecule has 0 bridgehead atoms. The van der Waals surface area contributed by atoms with Crippen molar-refractivity contribution in [3.63, 3.8) is 0 Å². The Morgan fingerprint density at radius 3 is 2.60 bits per heavy atom. The monoisotopic (exact) mass is 293 g/mol. The second kappa shape index (κ2) is 5.96. The van der Waals surface area contributed by atoms with E-state index in [4.69, 9.17) is 11.6 Å². The Morgan fingerprint density at radius 2 is 2.05 bits per heavy atom. The lowest BCUT2D eigenvalue weighted by Crippen LogP contribution is -2.27. The minimum Gasteiger partial charge on any atom is -0.493 e. The highest BCUT2D eigenvalue weighted by Crippen LogP contribution is 2.26. The van der Waals surface area contributed by atoms with Crippen molar-refractivity contribution in [1.82, 2.24) is 9.97 Å². The molecule has 20 heavy (non-hydrogen) atoms. The highest BCUT2D eigenvalue weighted by molar-refractivity contribution is 6.30. The number of aromatic amines is 1. The fourth-order valence-electron chi connectivity index (χ4n) is 2.03. The van der Waals surface area contributed by atoms with Gasteiger partial charge in [-0.2, -0.15) is 4.98 Å². The zero-order valence-corrected chi connectivity index (χ0v) is 12.1. The number of halogens is 1. The molecule has 2 aromatic rings. The van der Waals surface area contributed by atoms with Crippen molar-refractivity contribution in [3.8, 4) is 17.0 Å². The number of hydrogen-bond acceptors (Lipinski definition) is 4. The number of rotatable bonds is 4. The average Bonchev–Trinajstić information content (AvgIpc) is 2.39. The number of H-pyrrole nitrogens is 1. The average molecular weight is 294 g/mol. The van der Waals surface area contributed by atoms with Crippen LogP contribution in [-0.4, -0.2) is 28.2 Å². The molecule has 106 valence electrons. The first kappa shape index (κ1) is 14.4. The van der Waals surface area contributed by atoms with Gasteiger partial charge in [0, 0.05) is 18.1 Å². The minimum atomic E-state index is -0.387. The van der Waals surface area contributed by atoms with Crippen molar-refractivity contribution in [3.05, 3.63) is 39.6 Å². The zero-order valence-electron chi connectivity index (χ0n) is 11.4. The van der Waals surface area contributed by atoms with Gasteiger partial charge < -0.3 is 10.0 Å². The van der Waals surface area contributed by atoms with Gasteiger partial charge in [0.15, 0.2) is 0 Å². The number of benzene rings is 1. The Labute approximate surface area is 121 Å². The van der Waals surface area contributed by atoms with Crippen LogP contribution in [0.3, 0.4) is 0 Å². The Kier molecular flexibility index (Phi) is 4.29. The van der Waals surface area contributed by atoms with E-state index in [9.17, 15) is 9.90 Å². The minimum absolute atomic E-state index is 0.128. The van der Waals surface area contributed by atoms with E-state index in [-0.39, 0.29) is 17.0 Å². The molecule has 0 saturated heterocycles. The number of nitrogens with zero attached hydrogens (tertiary/aromatic N) is 2. The summed E-state index contributed by atoms with van der Waals surface area (Å²) >= 11 is 5.90. The molecule has 2 N–H and O–H groups in total. The highest BCUT2D eigenvalue weighted by Gasteiger charge is 2.15. The van der Waals surface area contributed by atoms with Crippen molar-refractivity contribution in [2.24, 2.45) is 0 Å². The fourth-order valence-corrected chi connectivity index (χ4v) is 2.22.